The summed E-state index contributed by atoms with van der Waals surface area (Å²) >= 11 is 5.50. The Labute approximate surface area is 143 Å². The van der Waals surface area contributed by atoms with E-state index in [9.17, 15) is 28.2 Å². The highest BCUT2D eigenvalue weighted by atomic mass is 35.5. The van der Waals surface area contributed by atoms with Crippen LogP contribution in [-0.4, -0.2) is 30.9 Å². The van der Waals surface area contributed by atoms with Gasteiger partial charge in [0.05, 0.1) is 5.56 Å². The van der Waals surface area contributed by atoms with Gasteiger partial charge in [-0.2, -0.15) is 17.8 Å². The van der Waals surface area contributed by atoms with Gasteiger partial charge in [0.2, 0.25) is 11.8 Å². The van der Waals surface area contributed by atoms with Crippen LogP contribution in [0.4, 0.5) is 19.0 Å². The van der Waals surface area contributed by atoms with Crippen LogP contribution in [0.5, 0.6) is 11.8 Å². The van der Waals surface area contributed by atoms with Gasteiger partial charge in [0.1, 0.15) is 11.0 Å². The van der Waals surface area contributed by atoms with Crippen LogP contribution in [0.15, 0.2) is 18.2 Å². The number of anilines is 1. The summed E-state index contributed by atoms with van der Waals surface area (Å²) in [5, 5.41) is 27.9. The number of hydrogen-bond donors (Lipinski definition) is 4. The molecule has 0 saturated carbocycles. The van der Waals surface area contributed by atoms with Crippen LogP contribution in [0.3, 0.4) is 0 Å². The zero-order chi connectivity index (χ0) is 18.9. The molecule has 2 aromatic heterocycles. The topological polar surface area (TPSA) is 108 Å². The fraction of sp³-hybridized carbons (Fsp3) is 0.143. The number of aromatic nitrogens is 2. The summed E-state index contributed by atoms with van der Waals surface area (Å²) in [6.45, 7) is 1.40. The third-order valence-electron chi connectivity index (χ3n) is 3.18. The van der Waals surface area contributed by atoms with Crippen molar-refractivity contribution in [2.45, 2.75) is 13.1 Å². The molecule has 0 fully saturated rings. The van der Waals surface area contributed by atoms with Crippen molar-refractivity contribution >= 4 is 29.5 Å². The maximum Gasteiger partial charge on any atom is 0.419 e. The number of carbonyl (C=O) groups is 1. The molecule has 11 heteroatoms. The molecule has 0 radical (unpaired) electrons. The van der Waals surface area contributed by atoms with E-state index in [4.69, 9.17) is 16.7 Å². The summed E-state index contributed by atoms with van der Waals surface area (Å²) in [4.78, 5) is 14.1. The minimum absolute atomic E-state index is 0.00501. The van der Waals surface area contributed by atoms with Crippen LogP contribution in [-0.2, 0) is 11.0 Å². The Kier molecular flexibility index (Phi) is 4.84. The molecule has 0 atom stereocenters. The van der Waals surface area contributed by atoms with E-state index < -0.39 is 34.6 Å². The van der Waals surface area contributed by atoms with Crippen LogP contribution in [0, 0.1) is 6.92 Å². The van der Waals surface area contributed by atoms with E-state index in [0.29, 0.717) is 6.07 Å². The highest BCUT2D eigenvalue weighted by Crippen LogP contribution is 2.36. The average molecular weight is 378 g/mol. The Morgan fingerprint density at radius 3 is 2.48 bits per heavy atom. The summed E-state index contributed by atoms with van der Waals surface area (Å²) in [6.07, 6.45) is -2.87. The predicted molar refractivity (Wildman–Crippen MR) is 82.4 cm³/mol. The molecule has 0 spiro atoms. The second kappa shape index (κ2) is 6.55. The van der Waals surface area contributed by atoms with Crippen molar-refractivity contribution in [3.63, 3.8) is 0 Å². The van der Waals surface area contributed by atoms with Crippen LogP contribution in [0.25, 0.3) is 6.08 Å². The molecule has 0 amide bonds. The van der Waals surface area contributed by atoms with Crippen molar-refractivity contribution in [1.29, 1.82) is 0 Å². The first-order valence-electron chi connectivity index (χ1n) is 6.57. The van der Waals surface area contributed by atoms with Crippen LogP contribution in [0.1, 0.15) is 16.7 Å². The number of aromatic hydroxyl groups is 2. The first-order valence-corrected chi connectivity index (χ1v) is 6.95. The van der Waals surface area contributed by atoms with E-state index in [2.05, 4.69) is 10.4 Å². The van der Waals surface area contributed by atoms with Crippen LogP contribution in [0.2, 0.25) is 5.15 Å². The zero-order valence-corrected chi connectivity index (χ0v) is 13.2. The Morgan fingerprint density at radius 2 is 1.96 bits per heavy atom. The van der Waals surface area contributed by atoms with Crippen LogP contribution < -0.4 is 5.43 Å². The van der Waals surface area contributed by atoms with E-state index in [1.165, 1.54) is 6.92 Å². The minimum Gasteiger partial charge on any atom is -0.493 e. The molecule has 0 bridgehead atoms. The number of carboxylic acid groups (broad SMARTS) is 1. The number of nitrogens with one attached hydrogen (secondary N) is 1. The largest absolute Gasteiger partial charge is 0.493 e. The van der Waals surface area contributed by atoms with Crippen molar-refractivity contribution in [3.8, 4) is 11.8 Å². The minimum atomic E-state index is -4.67. The van der Waals surface area contributed by atoms with Gasteiger partial charge in [0, 0.05) is 17.2 Å². The molecule has 2 rings (SSSR count). The standard InChI is InChI=1S/C14H11ClF3N3O4/c1-6-7(2-5-10(22)23)13(25)21(12(6)24)20-9-4-3-8(11(15)19-9)14(16,17)18/h2-5,24-25H,1H3,(H,19,20)(H,22,23). The lowest BCUT2D eigenvalue weighted by Gasteiger charge is -2.12. The number of alkyl halides is 3. The van der Waals surface area contributed by atoms with Gasteiger partial charge in [0.15, 0.2) is 0 Å². The lowest BCUT2D eigenvalue weighted by Crippen LogP contribution is -2.12. The van der Waals surface area contributed by atoms with Crippen LogP contribution >= 0.6 is 11.6 Å². The lowest BCUT2D eigenvalue weighted by molar-refractivity contribution is -0.137. The molecule has 0 aliphatic heterocycles. The van der Waals surface area contributed by atoms with E-state index in [1.54, 1.807) is 0 Å². The Bertz CT molecular complexity index is 862. The smallest absolute Gasteiger partial charge is 0.419 e. The molecule has 2 heterocycles. The second-order valence-electron chi connectivity index (χ2n) is 4.84. The van der Waals surface area contributed by atoms with Gasteiger partial charge < -0.3 is 15.3 Å². The van der Waals surface area contributed by atoms with Gasteiger partial charge in [0.25, 0.3) is 0 Å². The highest BCUT2D eigenvalue weighted by Gasteiger charge is 2.34. The molecule has 25 heavy (non-hydrogen) atoms. The predicted octanol–water partition coefficient (Wildman–Crippen LogP) is 3.25. The molecule has 4 N–H and O–H groups in total. The number of carboxylic acids is 1. The lowest BCUT2D eigenvalue weighted by atomic mass is 10.2. The fourth-order valence-corrected chi connectivity index (χ4v) is 2.22. The number of pyridine rings is 1. The van der Waals surface area contributed by atoms with E-state index in [-0.39, 0.29) is 16.9 Å². The summed E-state index contributed by atoms with van der Waals surface area (Å²) in [5.41, 5.74) is 1.39. The third kappa shape index (κ3) is 3.79. The van der Waals surface area contributed by atoms with Crippen molar-refractivity contribution in [1.82, 2.24) is 9.66 Å². The number of nitrogens with zero attached hydrogens (tertiary/aromatic N) is 2. The zero-order valence-electron chi connectivity index (χ0n) is 12.5. The Morgan fingerprint density at radius 1 is 1.32 bits per heavy atom. The monoisotopic (exact) mass is 377 g/mol. The Balaban J connectivity index is 2.40. The van der Waals surface area contributed by atoms with Crippen molar-refractivity contribution in [2.24, 2.45) is 0 Å². The summed E-state index contributed by atoms with van der Waals surface area (Å²) in [6, 6.07) is 1.64. The number of hydrogen-bond acceptors (Lipinski definition) is 5. The van der Waals surface area contributed by atoms with Gasteiger partial charge in [-0.25, -0.2) is 9.78 Å². The van der Waals surface area contributed by atoms with E-state index >= 15 is 0 Å². The quantitative estimate of drug-likeness (QED) is 0.481. The third-order valence-corrected chi connectivity index (χ3v) is 3.47. The summed E-state index contributed by atoms with van der Waals surface area (Å²) in [5.74, 6) is -2.51. The number of rotatable bonds is 4. The molecule has 0 aliphatic rings. The number of halogens is 4. The van der Waals surface area contributed by atoms with Crippen molar-refractivity contribution in [2.75, 3.05) is 5.43 Å². The molecular weight excluding hydrogens is 367 g/mol. The van der Waals surface area contributed by atoms with Gasteiger partial charge in [-0.1, -0.05) is 11.6 Å². The first-order chi connectivity index (χ1) is 11.5. The maximum absolute atomic E-state index is 12.7. The van der Waals surface area contributed by atoms with Gasteiger partial charge >= 0.3 is 12.1 Å². The second-order valence-corrected chi connectivity index (χ2v) is 5.20. The molecule has 7 nitrogen and oxygen atoms in total. The number of aliphatic carboxylic acids is 1. The average Bonchev–Trinajstić information content (AvgIpc) is 2.68. The molecule has 134 valence electrons. The van der Waals surface area contributed by atoms with Gasteiger partial charge in [-0.3, -0.25) is 5.43 Å². The highest BCUT2D eigenvalue weighted by molar-refractivity contribution is 6.30. The first kappa shape index (κ1) is 18.5. The van der Waals surface area contributed by atoms with E-state index in [0.717, 1.165) is 22.9 Å². The maximum atomic E-state index is 12.7. The van der Waals surface area contributed by atoms with Crippen molar-refractivity contribution < 1.29 is 33.3 Å². The molecule has 2 aromatic rings. The van der Waals surface area contributed by atoms with Crippen molar-refractivity contribution in [3.05, 3.63) is 40.1 Å². The fourth-order valence-electron chi connectivity index (χ4n) is 1.96. The molecule has 0 unspecified atom stereocenters. The molecule has 0 aliphatic carbocycles. The van der Waals surface area contributed by atoms with Gasteiger partial charge in [-0.15, -0.1) is 0 Å². The summed E-state index contributed by atoms with van der Waals surface area (Å²) < 4.78 is 38.7. The van der Waals surface area contributed by atoms with E-state index in [1.807, 2.05) is 0 Å². The molecule has 0 saturated heterocycles. The summed E-state index contributed by atoms with van der Waals surface area (Å²) in [7, 11) is 0. The van der Waals surface area contributed by atoms with Gasteiger partial charge in [-0.05, 0) is 25.1 Å². The Hall–Kier alpha value is -2.88. The molecule has 0 aromatic carbocycles. The normalized spacial score (nSPS) is 11.9. The molecular formula is C14H11ClF3N3O4. The SMILES string of the molecule is Cc1c(C=CC(=O)O)c(O)n(Nc2ccc(C(F)(F)F)c(Cl)n2)c1O.